The van der Waals surface area contributed by atoms with Gasteiger partial charge in [-0.25, -0.2) is 9.97 Å². The monoisotopic (exact) mass is 384 g/mol. The van der Waals surface area contributed by atoms with E-state index >= 15 is 0 Å². The number of carbonyl (C=O) groups is 1. The zero-order chi connectivity index (χ0) is 19.8. The van der Waals surface area contributed by atoms with Crippen LogP contribution in [0.3, 0.4) is 0 Å². The molecule has 8 nitrogen and oxygen atoms in total. The molecule has 1 aliphatic carbocycles. The average Bonchev–Trinajstić information content (AvgIpc) is 3.18. The zero-order valence-corrected chi connectivity index (χ0v) is 16.5. The maximum atomic E-state index is 12.2. The van der Waals surface area contributed by atoms with Crippen molar-refractivity contribution in [3.05, 3.63) is 35.7 Å². The van der Waals surface area contributed by atoms with Gasteiger partial charge >= 0.3 is 0 Å². The Hall–Kier alpha value is -2.90. The third-order valence-electron chi connectivity index (χ3n) is 4.49. The lowest BCUT2D eigenvalue weighted by Crippen LogP contribution is -2.29. The van der Waals surface area contributed by atoms with Crippen molar-refractivity contribution in [2.75, 3.05) is 30.3 Å². The molecule has 28 heavy (non-hydrogen) atoms. The highest BCUT2D eigenvalue weighted by atomic mass is 16.5. The van der Waals surface area contributed by atoms with Crippen LogP contribution in [0.25, 0.3) is 0 Å². The van der Waals surface area contributed by atoms with Crippen LogP contribution in [0, 0.1) is 6.92 Å². The molecule has 8 heteroatoms. The van der Waals surface area contributed by atoms with Gasteiger partial charge in [0.25, 0.3) is 5.91 Å². The minimum Gasteiger partial charge on any atom is -0.474 e. The molecule has 1 fully saturated rings. The lowest BCUT2D eigenvalue weighted by Gasteiger charge is -2.12. The Bertz CT molecular complexity index is 775. The van der Waals surface area contributed by atoms with E-state index in [-0.39, 0.29) is 12.0 Å². The van der Waals surface area contributed by atoms with Gasteiger partial charge in [-0.3, -0.25) is 4.79 Å². The molecule has 0 bridgehead atoms. The molecule has 2 aromatic rings. The van der Waals surface area contributed by atoms with Crippen LogP contribution in [-0.2, 0) is 0 Å². The Morgan fingerprint density at radius 2 is 2.00 bits per heavy atom. The number of ether oxygens (including phenoxy) is 1. The van der Waals surface area contributed by atoms with Gasteiger partial charge in [0.15, 0.2) is 0 Å². The summed E-state index contributed by atoms with van der Waals surface area (Å²) in [4.78, 5) is 25.2. The van der Waals surface area contributed by atoms with Crippen LogP contribution in [0.15, 0.2) is 24.4 Å². The van der Waals surface area contributed by atoms with Crippen LogP contribution in [0.2, 0.25) is 0 Å². The van der Waals surface area contributed by atoms with E-state index in [1.165, 1.54) is 12.8 Å². The number of nitrogens with one attached hydrogen (secondary N) is 3. The van der Waals surface area contributed by atoms with Gasteiger partial charge in [-0.2, -0.15) is 4.98 Å². The highest BCUT2D eigenvalue weighted by molar-refractivity contribution is 5.93. The van der Waals surface area contributed by atoms with Gasteiger partial charge < -0.3 is 20.7 Å². The lowest BCUT2D eigenvalue weighted by atomic mass is 10.2. The van der Waals surface area contributed by atoms with Crippen molar-refractivity contribution in [1.29, 1.82) is 0 Å². The molecular formula is C20H28N6O2. The molecule has 0 spiro atoms. The van der Waals surface area contributed by atoms with E-state index in [2.05, 4.69) is 30.9 Å². The highest BCUT2D eigenvalue weighted by Gasteiger charge is 2.17. The number of pyridine rings is 1. The van der Waals surface area contributed by atoms with Gasteiger partial charge in [-0.15, -0.1) is 0 Å². The number of aryl methyl sites for hydroxylation is 1. The van der Waals surface area contributed by atoms with Crippen LogP contribution in [0.4, 0.5) is 11.8 Å². The molecule has 1 amide bonds. The topological polar surface area (TPSA) is 101 Å². The number of hydrogen-bond donors (Lipinski definition) is 3. The highest BCUT2D eigenvalue weighted by Crippen LogP contribution is 2.22. The second kappa shape index (κ2) is 9.87. The third kappa shape index (κ3) is 5.80. The molecule has 3 rings (SSSR count). The molecule has 0 atom stereocenters. The number of anilines is 2. The summed E-state index contributed by atoms with van der Waals surface area (Å²) < 4.78 is 5.82. The number of rotatable bonds is 9. The van der Waals surface area contributed by atoms with Gasteiger partial charge in [0.05, 0.1) is 5.56 Å². The smallest absolute Gasteiger partial charge is 0.252 e. The van der Waals surface area contributed by atoms with Gasteiger partial charge in [0.1, 0.15) is 11.9 Å². The first-order valence-electron chi connectivity index (χ1n) is 9.88. The maximum absolute atomic E-state index is 12.2. The Morgan fingerprint density at radius 3 is 2.71 bits per heavy atom. The predicted molar refractivity (Wildman–Crippen MR) is 109 cm³/mol. The van der Waals surface area contributed by atoms with Crippen LogP contribution in [-0.4, -0.2) is 46.6 Å². The van der Waals surface area contributed by atoms with Crippen LogP contribution < -0.4 is 20.7 Å². The normalized spacial score (nSPS) is 13.9. The molecular weight excluding hydrogens is 356 g/mol. The minimum absolute atomic E-state index is 0.158. The summed E-state index contributed by atoms with van der Waals surface area (Å²) in [6, 6.07) is 5.38. The number of nitrogens with zero attached hydrogens (tertiary/aromatic N) is 3. The van der Waals surface area contributed by atoms with Crippen molar-refractivity contribution >= 4 is 17.7 Å². The quantitative estimate of drug-likeness (QED) is 0.572. The van der Waals surface area contributed by atoms with Crippen molar-refractivity contribution in [2.24, 2.45) is 0 Å². The molecule has 0 aliphatic heterocycles. The summed E-state index contributed by atoms with van der Waals surface area (Å²) in [5.74, 6) is 1.75. The maximum Gasteiger partial charge on any atom is 0.252 e. The molecule has 150 valence electrons. The first kappa shape index (κ1) is 19.9. The van der Waals surface area contributed by atoms with Crippen molar-refractivity contribution in [3.63, 3.8) is 0 Å². The molecule has 1 saturated carbocycles. The lowest BCUT2D eigenvalue weighted by molar-refractivity contribution is 0.0954. The Labute approximate surface area is 165 Å². The Morgan fingerprint density at radius 1 is 1.18 bits per heavy atom. The fraction of sp³-hybridized carbons (Fsp3) is 0.500. The molecule has 0 unspecified atom stereocenters. The van der Waals surface area contributed by atoms with Crippen LogP contribution in [0.5, 0.6) is 5.88 Å². The molecule has 2 heterocycles. The molecule has 0 radical (unpaired) electrons. The standard InChI is InChI=1S/C20H28N6O2/c1-3-21-20-25-14(2)12-17(26-20)22-10-11-23-19(27)15-8-9-18(24-13-15)28-16-6-4-5-7-16/h8-9,12-13,16H,3-7,10-11H2,1-2H3,(H,23,27)(H2,21,22,25,26). The summed E-state index contributed by atoms with van der Waals surface area (Å²) in [5.41, 5.74) is 1.40. The van der Waals surface area contributed by atoms with Gasteiger partial charge in [-0.05, 0) is 45.6 Å². The second-order valence-electron chi connectivity index (χ2n) is 6.84. The van der Waals surface area contributed by atoms with E-state index in [1.54, 1.807) is 18.3 Å². The summed E-state index contributed by atoms with van der Waals surface area (Å²) in [7, 11) is 0. The van der Waals surface area contributed by atoms with E-state index in [1.807, 2.05) is 19.9 Å². The Balaban J connectivity index is 1.42. The summed E-state index contributed by atoms with van der Waals surface area (Å²) in [6.45, 7) is 5.71. The number of hydrogen-bond acceptors (Lipinski definition) is 7. The van der Waals surface area contributed by atoms with E-state index < -0.39 is 0 Å². The number of amides is 1. The van der Waals surface area contributed by atoms with Crippen molar-refractivity contribution in [2.45, 2.75) is 45.6 Å². The largest absolute Gasteiger partial charge is 0.474 e. The average molecular weight is 384 g/mol. The van der Waals surface area contributed by atoms with E-state index in [9.17, 15) is 4.79 Å². The van der Waals surface area contributed by atoms with E-state index in [0.717, 1.165) is 30.9 Å². The summed E-state index contributed by atoms with van der Waals surface area (Å²) in [6.07, 6.45) is 6.41. The molecule has 2 aromatic heterocycles. The predicted octanol–water partition coefficient (Wildman–Crippen LogP) is 2.78. The minimum atomic E-state index is -0.158. The first-order valence-corrected chi connectivity index (χ1v) is 9.88. The second-order valence-corrected chi connectivity index (χ2v) is 6.84. The SMILES string of the molecule is CCNc1nc(C)cc(NCCNC(=O)c2ccc(OC3CCCC3)nc2)n1. The number of aromatic nitrogens is 3. The number of carbonyl (C=O) groups excluding carboxylic acids is 1. The first-order chi connectivity index (χ1) is 13.6. The molecule has 1 aliphatic rings. The fourth-order valence-corrected chi connectivity index (χ4v) is 3.13. The Kier molecular flexibility index (Phi) is 7.00. The third-order valence-corrected chi connectivity index (χ3v) is 4.49. The zero-order valence-electron chi connectivity index (χ0n) is 16.5. The van der Waals surface area contributed by atoms with Gasteiger partial charge in [-0.1, -0.05) is 0 Å². The summed E-state index contributed by atoms with van der Waals surface area (Å²) in [5, 5.41) is 9.17. The molecule has 0 aromatic carbocycles. The summed E-state index contributed by atoms with van der Waals surface area (Å²) >= 11 is 0. The van der Waals surface area contributed by atoms with Gasteiger partial charge in [0.2, 0.25) is 11.8 Å². The van der Waals surface area contributed by atoms with Crippen molar-refractivity contribution in [3.8, 4) is 5.88 Å². The van der Waals surface area contributed by atoms with E-state index in [0.29, 0.717) is 30.5 Å². The fourth-order valence-electron chi connectivity index (χ4n) is 3.13. The molecule has 0 saturated heterocycles. The van der Waals surface area contributed by atoms with E-state index in [4.69, 9.17) is 4.74 Å². The van der Waals surface area contributed by atoms with Crippen LogP contribution in [0.1, 0.15) is 48.7 Å². The van der Waals surface area contributed by atoms with Crippen LogP contribution >= 0.6 is 0 Å². The van der Waals surface area contributed by atoms with Crippen molar-refractivity contribution in [1.82, 2.24) is 20.3 Å². The molecule has 3 N–H and O–H groups in total. The van der Waals surface area contributed by atoms with Gasteiger partial charge in [0, 0.05) is 43.7 Å². The van der Waals surface area contributed by atoms with Crippen molar-refractivity contribution < 1.29 is 9.53 Å².